The number of amides is 1. The van der Waals surface area contributed by atoms with E-state index in [0.717, 1.165) is 16.8 Å². The number of carbonyl (C=O) groups is 1. The van der Waals surface area contributed by atoms with E-state index in [9.17, 15) is 9.90 Å². The van der Waals surface area contributed by atoms with Gasteiger partial charge in [0.1, 0.15) is 5.75 Å². The fourth-order valence-electron chi connectivity index (χ4n) is 1.93. The van der Waals surface area contributed by atoms with Crippen LogP contribution in [0.4, 0.5) is 5.69 Å². The molecule has 3 N–H and O–H groups in total. The lowest BCUT2D eigenvalue weighted by Gasteiger charge is -2.04. The van der Waals surface area contributed by atoms with Gasteiger partial charge in [-0.05, 0) is 42.8 Å². The lowest BCUT2D eigenvalue weighted by Crippen LogP contribution is -2.17. The summed E-state index contributed by atoms with van der Waals surface area (Å²) in [6, 6.07) is 12.6. The third kappa shape index (κ3) is 4.09. The van der Waals surface area contributed by atoms with Crippen LogP contribution in [0, 0.1) is 6.92 Å². The molecule has 2 rings (SSSR count). The summed E-state index contributed by atoms with van der Waals surface area (Å²) in [5, 5.41) is 15.4. The minimum Gasteiger partial charge on any atom is -0.508 e. The molecule has 114 valence electrons. The number of anilines is 1. The average molecular weight is 297 g/mol. The zero-order chi connectivity index (χ0) is 15.9. The van der Waals surface area contributed by atoms with Crippen LogP contribution < -0.4 is 10.6 Å². The molecule has 0 aliphatic carbocycles. The number of aliphatic imine (C=N–C) groups is 1. The summed E-state index contributed by atoms with van der Waals surface area (Å²) in [6.45, 7) is 2.33. The van der Waals surface area contributed by atoms with Crippen LogP contribution in [0.3, 0.4) is 0 Å². The quantitative estimate of drug-likeness (QED) is 0.587. The molecule has 0 saturated carbocycles. The van der Waals surface area contributed by atoms with Crippen LogP contribution in [-0.2, 0) is 6.54 Å². The molecule has 0 radical (unpaired) electrons. The molecular formula is C17H19N3O2. The molecule has 22 heavy (non-hydrogen) atoms. The van der Waals surface area contributed by atoms with Crippen molar-refractivity contribution in [2.75, 3.05) is 12.4 Å². The van der Waals surface area contributed by atoms with Crippen molar-refractivity contribution in [3.63, 3.8) is 0 Å². The highest BCUT2D eigenvalue weighted by atomic mass is 16.3. The highest BCUT2D eigenvalue weighted by molar-refractivity contribution is 5.94. The van der Waals surface area contributed by atoms with E-state index in [1.807, 2.05) is 19.1 Å². The second kappa shape index (κ2) is 7.26. The van der Waals surface area contributed by atoms with Gasteiger partial charge in [0.15, 0.2) is 0 Å². The third-order valence-electron chi connectivity index (χ3n) is 3.20. The molecule has 0 saturated heterocycles. The number of aromatic hydroxyl groups is 1. The minimum absolute atomic E-state index is 0.116. The predicted octanol–water partition coefficient (Wildman–Crippen LogP) is 2.70. The largest absolute Gasteiger partial charge is 0.508 e. The summed E-state index contributed by atoms with van der Waals surface area (Å²) in [7, 11) is 1.60. The average Bonchev–Trinajstić information content (AvgIpc) is 2.53. The highest BCUT2D eigenvalue weighted by Crippen LogP contribution is 2.19. The molecule has 0 atom stereocenters. The van der Waals surface area contributed by atoms with Gasteiger partial charge in [0.05, 0.1) is 12.9 Å². The Morgan fingerprint density at radius 1 is 1.23 bits per heavy atom. The van der Waals surface area contributed by atoms with E-state index in [-0.39, 0.29) is 11.7 Å². The Hall–Kier alpha value is -2.82. The summed E-state index contributed by atoms with van der Waals surface area (Å²) in [5.74, 6) is 0.141. The van der Waals surface area contributed by atoms with Crippen molar-refractivity contribution in [1.29, 1.82) is 0 Å². The molecule has 0 bridgehead atoms. The van der Waals surface area contributed by atoms with E-state index in [0.29, 0.717) is 12.1 Å². The number of nitrogens with zero attached hydrogens (tertiary/aromatic N) is 1. The van der Waals surface area contributed by atoms with Crippen LogP contribution in [0.25, 0.3) is 0 Å². The SMILES string of the molecule is CNC(=O)c1ccc(NC=NCc2ccc(C)cc2O)cc1. The van der Waals surface area contributed by atoms with Gasteiger partial charge in [-0.3, -0.25) is 9.79 Å². The molecule has 2 aromatic rings. The van der Waals surface area contributed by atoms with Crippen molar-refractivity contribution < 1.29 is 9.90 Å². The smallest absolute Gasteiger partial charge is 0.251 e. The first kappa shape index (κ1) is 15.6. The minimum atomic E-state index is -0.116. The van der Waals surface area contributed by atoms with Gasteiger partial charge < -0.3 is 15.7 Å². The first-order chi connectivity index (χ1) is 10.6. The van der Waals surface area contributed by atoms with Crippen LogP contribution in [-0.4, -0.2) is 24.4 Å². The van der Waals surface area contributed by atoms with Crippen molar-refractivity contribution in [2.24, 2.45) is 4.99 Å². The van der Waals surface area contributed by atoms with Crippen LogP contribution in [0.1, 0.15) is 21.5 Å². The Labute approximate surface area is 129 Å². The second-order valence-electron chi connectivity index (χ2n) is 4.90. The molecule has 0 fully saturated rings. The Kier molecular flexibility index (Phi) is 5.14. The monoisotopic (exact) mass is 297 g/mol. The van der Waals surface area contributed by atoms with Crippen molar-refractivity contribution in [3.8, 4) is 5.75 Å². The van der Waals surface area contributed by atoms with Gasteiger partial charge in [0.25, 0.3) is 5.91 Å². The zero-order valence-corrected chi connectivity index (χ0v) is 12.6. The summed E-state index contributed by atoms with van der Waals surface area (Å²) in [6.07, 6.45) is 1.58. The Morgan fingerprint density at radius 2 is 1.95 bits per heavy atom. The number of phenolic OH excluding ortho intramolecular Hbond substituents is 1. The number of nitrogens with one attached hydrogen (secondary N) is 2. The number of benzene rings is 2. The maximum atomic E-state index is 11.4. The highest BCUT2D eigenvalue weighted by Gasteiger charge is 2.01. The van der Waals surface area contributed by atoms with E-state index < -0.39 is 0 Å². The van der Waals surface area contributed by atoms with E-state index in [1.54, 1.807) is 43.7 Å². The normalized spacial score (nSPS) is 10.6. The van der Waals surface area contributed by atoms with Crippen LogP contribution in [0.15, 0.2) is 47.5 Å². The molecule has 5 heteroatoms. The Morgan fingerprint density at radius 3 is 2.59 bits per heavy atom. The van der Waals surface area contributed by atoms with Crippen LogP contribution >= 0.6 is 0 Å². The summed E-state index contributed by atoms with van der Waals surface area (Å²) < 4.78 is 0. The van der Waals surface area contributed by atoms with Gasteiger partial charge in [-0.25, -0.2) is 0 Å². The zero-order valence-electron chi connectivity index (χ0n) is 12.6. The first-order valence-corrected chi connectivity index (χ1v) is 6.95. The van der Waals surface area contributed by atoms with E-state index in [2.05, 4.69) is 15.6 Å². The summed E-state index contributed by atoms with van der Waals surface area (Å²) in [5.41, 5.74) is 3.23. The fourth-order valence-corrected chi connectivity index (χ4v) is 1.93. The maximum absolute atomic E-state index is 11.4. The topological polar surface area (TPSA) is 73.7 Å². The number of hydrogen-bond donors (Lipinski definition) is 3. The summed E-state index contributed by atoms with van der Waals surface area (Å²) >= 11 is 0. The Bertz CT molecular complexity index is 679. The molecule has 2 aromatic carbocycles. The van der Waals surface area contributed by atoms with Gasteiger partial charge in [-0.15, -0.1) is 0 Å². The van der Waals surface area contributed by atoms with Crippen molar-refractivity contribution >= 4 is 17.9 Å². The lowest BCUT2D eigenvalue weighted by atomic mass is 10.1. The molecule has 0 heterocycles. The fraction of sp³-hybridized carbons (Fsp3) is 0.176. The number of rotatable bonds is 5. The number of carbonyl (C=O) groups excluding carboxylic acids is 1. The van der Waals surface area contributed by atoms with Gasteiger partial charge in [0.2, 0.25) is 0 Å². The van der Waals surface area contributed by atoms with Crippen molar-refractivity contribution in [3.05, 3.63) is 59.2 Å². The first-order valence-electron chi connectivity index (χ1n) is 6.95. The predicted molar refractivity (Wildman–Crippen MR) is 88.5 cm³/mol. The van der Waals surface area contributed by atoms with Gasteiger partial charge >= 0.3 is 0 Å². The lowest BCUT2D eigenvalue weighted by molar-refractivity contribution is 0.0963. The van der Waals surface area contributed by atoms with Crippen LogP contribution in [0.2, 0.25) is 0 Å². The standard InChI is InChI=1S/C17H19N3O2/c1-12-3-4-14(16(21)9-12)10-19-11-20-15-7-5-13(6-8-15)17(22)18-2/h3-9,11,21H,10H2,1-2H3,(H,18,22)(H,19,20). The molecule has 0 spiro atoms. The number of phenols is 1. The molecule has 0 aliphatic rings. The Balaban J connectivity index is 1.91. The van der Waals surface area contributed by atoms with Crippen LogP contribution in [0.5, 0.6) is 5.75 Å². The maximum Gasteiger partial charge on any atom is 0.251 e. The molecule has 0 unspecified atom stereocenters. The van der Waals surface area contributed by atoms with E-state index in [4.69, 9.17) is 0 Å². The number of aryl methyl sites for hydroxylation is 1. The van der Waals surface area contributed by atoms with Crippen molar-refractivity contribution in [1.82, 2.24) is 5.32 Å². The van der Waals surface area contributed by atoms with Gasteiger partial charge in [-0.1, -0.05) is 12.1 Å². The molecule has 0 aromatic heterocycles. The molecule has 5 nitrogen and oxygen atoms in total. The number of hydrogen-bond acceptors (Lipinski definition) is 3. The molecule has 0 aliphatic heterocycles. The second-order valence-corrected chi connectivity index (χ2v) is 4.90. The van der Waals surface area contributed by atoms with E-state index >= 15 is 0 Å². The van der Waals surface area contributed by atoms with Gasteiger partial charge in [-0.2, -0.15) is 0 Å². The molecule has 1 amide bonds. The molecular weight excluding hydrogens is 278 g/mol. The van der Waals surface area contributed by atoms with Gasteiger partial charge in [0, 0.05) is 23.9 Å². The van der Waals surface area contributed by atoms with E-state index in [1.165, 1.54) is 0 Å². The third-order valence-corrected chi connectivity index (χ3v) is 3.20. The summed E-state index contributed by atoms with van der Waals surface area (Å²) in [4.78, 5) is 15.6. The van der Waals surface area contributed by atoms with Crippen molar-refractivity contribution in [2.45, 2.75) is 13.5 Å².